The maximum atomic E-state index is 6.00. The Labute approximate surface area is 175 Å². The summed E-state index contributed by atoms with van der Waals surface area (Å²) in [6.07, 6.45) is 0. The fraction of sp³-hybridized carbons (Fsp3) is 0.412. The second-order valence-electron chi connectivity index (χ2n) is 5.25. The van der Waals surface area contributed by atoms with E-state index in [1.807, 2.05) is 32.9 Å². The van der Waals surface area contributed by atoms with Crippen molar-refractivity contribution < 1.29 is 4.74 Å². The number of rotatable bonds is 6. The number of aromatic nitrogens is 1. The summed E-state index contributed by atoms with van der Waals surface area (Å²) in [5.41, 5.74) is 2.06. The second-order valence-corrected chi connectivity index (χ2v) is 6.97. The Bertz CT molecular complexity index is 721. The molecule has 25 heavy (non-hydrogen) atoms. The first-order chi connectivity index (χ1) is 11.5. The zero-order chi connectivity index (χ0) is 17.5. The van der Waals surface area contributed by atoms with E-state index in [9.17, 15) is 0 Å². The van der Waals surface area contributed by atoms with Gasteiger partial charge in [-0.2, -0.15) is 0 Å². The molecule has 0 atom stereocenters. The number of nitrogens with zero attached hydrogens (tertiary/aromatic N) is 2. The van der Waals surface area contributed by atoms with Crippen LogP contribution in [0.15, 0.2) is 23.2 Å². The molecule has 8 heteroatoms. The molecule has 0 bridgehead atoms. The minimum Gasteiger partial charge on any atom is -0.496 e. The van der Waals surface area contributed by atoms with Gasteiger partial charge in [-0.05, 0) is 32.9 Å². The van der Waals surface area contributed by atoms with Crippen LogP contribution < -0.4 is 15.4 Å². The molecule has 5 nitrogen and oxygen atoms in total. The highest BCUT2D eigenvalue weighted by atomic mass is 127. The number of methoxy groups -OCH3 is 1. The number of nitrogens with one attached hydrogen (secondary N) is 2. The number of hydrogen-bond acceptors (Lipinski definition) is 4. The summed E-state index contributed by atoms with van der Waals surface area (Å²) in [5.74, 6) is 1.51. The number of thiazole rings is 1. The molecule has 0 spiro atoms. The number of halogens is 2. The van der Waals surface area contributed by atoms with Crippen molar-refractivity contribution in [3.05, 3.63) is 44.4 Å². The van der Waals surface area contributed by atoms with Crippen LogP contribution in [0.2, 0.25) is 5.02 Å². The lowest BCUT2D eigenvalue weighted by atomic mass is 10.2. The lowest BCUT2D eigenvalue weighted by Crippen LogP contribution is -2.36. The van der Waals surface area contributed by atoms with Crippen LogP contribution in [0.4, 0.5) is 0 Å². The van der Waals surface area contributed by atoms with Crippen LogP contribution in [-0.4, -0.2) is 24.6 Å². The lowest BCUT2D eigenvalue weighted by Gasteiger charge is -2.12. The van der Waals surface area contributed by atoms with Gasteiger partial charge < -0.3 is 15.4 Å². The van der Waals surface area contributed by atoms with Crippen molar-refractivity contribution in [3.8, 4) is 5.75 Å². The molecule has 2 N–H and O–H groups in total. The zero-order valence-corrected chi connectivity index (χ0v) is 18.8. The minimum absolute atomic E-state index is 0. The molecule has 0 radical (unpaired) electrons. The molecule has 1 aromatic heterocycles. The molecule has 0 unspecified atom stereocenters. The van der Waals surface area contributed by atoms with E-state index in [4.69, 9.17) is 16.3 Å². The van der Waals surface area contributed by atoms with Gasteiger partial charge in [0.1, 0.15) is 5.75 Å². The first kappa shape index (κ1) is 22.0. The Morgan fingerprint density at radius 1 is 1.32 bits per heavy atom. The van der Waals surface area contributed by atoms with Crippen LogP contribution in [0.3, 0.4) is 0 Å². The van der Waals surface area contributed by atoms with Crippen LogP contribution in [0, 0.1) is 13.8 Å². The van der Waals surface area contributed by atoms with E-state index < -0.39 is 0 Å². The molecule has 1 heterocycles. The van der Waals surface area contributed by atoms with E-state index >= 15 is 0 Å². The smallest absolute Gasteiger partial charge is 0.191 e. The van der Waals surface area contributed by atoms with Gasteiger partial charge in [0, 0.05) is 22.0 Å². The Morgan fingerprint density at radius 3 is 2.68 bits per heavy atom. The molecule has 1 aromatic carbocycles. The van der Waals surface area contributed by atoms with Crippen molar-refractivity contribution in [1.82, 2.24) is 15.6 Å². The van der Waals surface area contributed by atoms with Gasteiger partial charge >= 0.3 is 0 Å². The highest BCUT2D eigenvalue weighted by Gasteiger charge is 2.07. The van der Waals surface area contributed by atoms with Crippen molar-refractivity contribution >= 4 is 52.9 Å². The molecule has 2 rings (SSSR count). The topological polar surface area (TPSA) is 58.5 Å². The predicted molar refractivity (Wildman–Crippen MR) is 117 cm³/mol. The highest BCUT2D eigenvalue weighted by Crippen LogP contribution is 2.23. The van der Waals surface area contributed by atoms with Gasteiger partial charge in [0.05, 0.1) is 30.9 Å². The Balaban J connectivity index is 0.00000312. The molecule has 2 aromatic rings. The fourth-order valence-corrected chi connectivity index (χ4v) is 3.30. The molecular weight excluding hydrogens is 471 g/mol. The summed E-state index contributed by atoms with van der Waals surface area (Å²) in [5, 5.41) is 8.34. The van der Waals surface area contributed by atoms with Crippen LogP contribution in [0.1, 0.15) is 28.1 Å². The number of aryl methyl sites for hydroxylation is 2. The average molecular weight is 495 g/mol. The number of ether oxygens (including phenoxy) is 1. The normalized spacial score (nSPS) is 11.0. The summed E-state index contributed by atoms with van der Waals surface area (Å²) in [4.78, 5) is 10.3. The van der Waals surface area contributed by atoms with Crippen molar-refractivity contribution in [2.75, 3.05) is 13.7 Å². The van der Waals surface area contributed by atoms with Crippen molar-refractivity contribution in [1.29, 1.82) is 0 Å². The molecule has 0 saturated carbocycles. The standard InChI is InChI=1S/C17H23ClN4OS.HI/c1-5-19-17(21-10-16-11(2)22-12(3)24-16)20-9-13-6-7-14(18)8-15(13)23-4;/h6-8H,5,9-10H2,1-4H3,(H2,19,20,21);1H. The fourth-order valence-electron chi connectivity index (χ4n) is 2.26. The molecule has 0 fully saturated rings. The van der Waals surface area contributed by atoms with Gasteiger partial charge in [0.25, 0.3) is 0 Å². The summed E-state index contributed by atoms with van der Waals surface area (Å²) < 4.78 is 5.37. The number of guanidine groups is 1. The van der Waals surface area contributed by atoms with Crippen molar-refractivity contribution in [3.63, 3.8) is 0 Å². The van der Waals surface area contributed by atoms with E-state index in [-0.39, 0.29) is 24.0 Å². The second kappa shape index (κ2) is 10.8. The number of aliphatic imine (C=N–C) groups is 1. The molecule has 0 amide bonds. The van der Waals surface area contributed by atoms with Gasteiger partial charge in [-0.25, -0.2) is 9.98 Å². The van der Waals surface area contributed by atoms with Crippen LogP contribution in [0.5, 0.6) is 5.75 Å². The van der Waals surface area contributed by atoms with Crippen molar-refractivity contribution in [2.45, 2.75) is 33.9 Å². The predicted octanol–water partition coefficient (Wildman–Crippen LogP) is 4.30. The van der Waals surface area contributed by atoms with Gasteiger partial charge in [0.2, 0.25) is 0 Å². The highest BCUT2D eigenvalue weighted by molar-refractivity contribution is 14.0. The Morgan fingerprint density at radius 2 is 2.08 bits per heavy atom. The van der Waals surface area contributed by atoms with Crippen LogP contribution >= 0.6 is 46.9 Å². The zero-order valence-electron chi connectivity index (χ0n) is 14.9. The summed E-state index contributed by atoms with van der Waals surface area (Å²) >= 11 is 7.70. The SMILES string of the molecule is CCNC(=NCc1ccc(Cl)cc1OC)NCc1sc(C)nc1C.I. The van der Waals surface area contributed by atoms with Crippen molar-refractivity contribution in [2.24, 2.45) is 4.99 Å². The van der Waals surface area contributed by atoms with E-state index in [2.05, 4.69) is 20.6 Å². The average Bonchev–Trinajstić information content (AvgIpc) is 2.88. The molecular formula is C17H24ClIN4OS. The maximum absolute atomic E-state index is 6.00. The third-order valence-electron chi connectivity index (χ3n) is 3.42. The van der Waals surface area contributed by atoms with Crippen LogP contribution in [0.25, 0.3) is 0 Å². The molecule has 138 valence electrons. The van der Waals surface area contributed by atoms with Gasteiger partial charge in [0.15, 0.2) is 5.96 Å². The largest absolute Gasteiger partial charge is 0.496 e. The molecule has 0 saturated heterocycles. The first-order valence-electron chi connectivity index (χ1n) is 7.81. The maximum Gasteiger partial charge on any atom is 0.191 e. The van der Waals surface area contributed by atoms with E-state index in [1.165, 1.54) is 4.88 Å². The molecule has 0 aliphatic carbocycles. The minimum atomic E-state index is 0. The molecule has 0 aliphatic rings. The van der Waals surface area contributed by atoms with E-state index in [0.29, 0.717) is 18.1 Å². The lowest BCUT2D eigenvalue weighted by molar-refractivity contribution is 0.410. The van der Waals surface area contributed by atoms with Crippen LogP contribution in [-0.2, 0) is 13.1 Å². The quantitative estimate of drug-likeness (QED) is 0.357. The third kappa shape index (κ3) is 6.63. The van der Waals surface area contributed by atoms with Gasteiger partial charge in [-0.1, -0.05) is 17.7 Å². The number of hydrogen-bond donors (Lipinski definition) is 2. The third-order valence-corrected chi connectivity index (χ3v) is 4.72. The summed E-state index contributed by atoms with van der Waals surface area (Å²) in [6, 6.07) is 5.58. The molecule has 0 aliphatic heterocycles. The Kier molecular flexibility index (Phi) is 9.52. The Hall–Kier alpha value is -1.06. The van der Waals surface area contributed by atoms with E-state index in [1.54, 1.807) is 24.5 Å². The van der Waals surface area contributed by atoms with Gasteiger partial charge in [-0.15, -0.1) is 35.3 Å². The summed E-state index contributed by atoms with van der Waals surface area (Å²) in [7, 11) is 1.64. The first-order valence-corrected chi connectivity index (χ1v) is 9.00. The van der Waals surface area contributed by atoms with E-state index in [0.717, 1.165) is 34.5 Å². The summed E-state index contributed by atoms with van der Waals surface area (Å²) in [6.45, 7) is 8.11. The van der Waals surface area contributed by atoms with Gasteiger partial charge in [-0.3, -0.25) is 0 Å². The monoisotopic (exact) mass is 494 g/mol. The number of benzene rings is 1.